The van der Waals surface area contributed by atoms with E-state index >= 15 is 0 Å². The maximum absolute atomic E-state index is 5.21. The Balaban J connectivity index is 1.30. The SMILES string of the molecule is c1ccc(-c2cc(-c3cccc4ccccc34)nc(-c3ccc4ccc5c(-c6ccccn6)nc(-c6ccccc6)nc5c4c3)n2)cc1. The predicted octanol–water partition coefficient (Wildman–Crippen LogP) is 10.5. The second-order valence-corrected chi connectivity index (χ2v) is 11.7. The van der Waals surface area contributed by atoms with Crippen molar-refractivity contribution in [1.29, 1.82) is 0 Å². The zero-order chi connectivity index (χ0) is 31.9. The predicted molar refractivity (Wildman–Crippen MR) is 195 cm³/mol. The third-order valence-electron chi connectivity index (χ3n) is 8.74. The quantitative estimate of drug-likeness (QED) is 0.181. The van der Waals surface area contributed by atoms with Gasteiger partial charge in [0.25, 0.3) is 0 Å². The highest BCUT2D eigenvalue weighted by molar-refractivity contribution is 6.10. The van der Waals surface area contributed by atoms with Crippen molar-refractivity contribution < 1.29 is 0 Å². The number of nitrogens with zero attached hydrogens (tertiary/aromatic N) is 5. The third-order valence-corrected chi connectivity index (χ3v) is 8.74. The number of hydrogen-bond donors (Lipinski definition) is 0. The van der Waals surface area contributed by atoms with Gasteiger partial charge in [-0.15, -0.1) is 0 Å². The molecule has 48 heavy (non-hydrogen) atoms. The van der Waals surface area contributed by atoms with Crippen LogP contribution in [0.25, 0.3) is 89.1 Å². The summed E-state index contributed by atoms with van der Waals surface area (Å²) in [4.78, 5) is 25.2. The Kier molecular flexibility index (Phi) is 6.72. The summed E-state index contributed by atoms with van der Waals surface area (Å²) < 4.78 is 0. The first-order valence-corrected chi connectivity index (χ1v) is 15.9. The van der Waals surface area contributed by atoms with Crippen LogP contribution in [0, 0.1) is 0 Å². The van der Waals surface area contributed by atoms with E-state index in [9.17, 15) is 0 Å². The second kappa shape index (κ2) is 11.6. The Bertz CT molecular complexity index is 2600. The van der Waals surface area contributed by atoms with Crippen LogP contribution in [0.5, 0.6) is 0 Å². The van der Waals surface area contributed by atoms with Crippen LogP contribution in [0.4, 0.5) is 0 Å². The lowest BCUT2D eigenvalue weighted by Gasteiger charge is -2.13. The molecule has 0 aliphatic carbocycles. The Morgan fingerprint density at radius 1 is 0.354 bits per heavy atom. The normalized spacial score (nSPS) is 11.3. The molecule has 0 amide bonds. The molecule has 0 saturated carbocycles. The van der Waals surface area contributed by atoms with Crippen LogP contribution in [0.3, 0.4) is 0 Å². The monoisotopic (exact) mass is 613 g/mol. The number of benzene rings is 6. The minimum atomic E-state index is 0.653. The van der Waals surface area contributed by atoms with Crippen molar-refractivity contribution in [2.45, 2.75) is 0 Å². The van der Waals surface area contributed by atoms with Crippen LogP contribution in [0.2, 0.25) is 0 Å². The van der Waals surface area contributed by atoms with E-state index in [-0.39, 0.29) is 0 Å². The molecule has 224 valence electrons. The average molecular weight is 614 g/mol. The van der Waals surface area contributed by atoms with Crippen LogP contribution in [0.15, 0.2) is 164 Å². The molecule has 3 heterocycles. The molecule has 0 atom stereocenters. The van der Waals surface area contributed by atoms with Gasteiger partial charge in [-0.3, -0.25) is 4.98 Å². The van der Waals surface area contributed by atoms with Crippen molar-refractivity contribution >= 4 is 32.4 Å². The Labute approximate surface area is 277 Å². The minimum absolute atomic E-state index is 0.653. The van der Waals surface area contributed by atoms with Gasteiger partial charge in [-0.25, -0.2) is 19.9 Å². The number of aromatic nitrogens is 5. The molecule has 3 aromatic heterocycles. The first-order valence-electron chi connectivity index (χ1n) is 15.9. The standard InChI is InChI=1S/C43H27N5/c1-3-13-30(14-4-1)38-27-39(34-19-11-17-28-12-7-8-18-33(28)34)46-43(45-38)32-22-21-29-23-24-35-40(36(29)26-32)47-42(31-15-5-2-6-16-31)48-41(35)37-20-9-10-25-44-37/h1-27H. The van der Waals surface area contributed by atoms with Crippen molar-refractivity contribution in [2.24, 2.45) is 0 Å². The first-order chi connectivity index (χ1) is 23.8. The second-order valence-electron chi connectivity index (χ2n) is 11.7. The molecule has 9 aromatic rings. The molecule has 5 heteroatoms. The molecule has 0 unspecified atom stereocenters. The van der Waals surface area contributed by atoms with Crippen LogP contribution < -0.4 is 0 Å². The highest BCUT2D eigenvalue weighted by Crippen LogP contribution is 2.36. The fourth-order valence-electron chi connectivity index (χ4n) is 6.39. The van der Waals surface area contributed by atoms with E-state index in [1.807, 2.05) is 66.7 Å². The summed E-state index contributed by atoms with van der Waals surface area (Å²) >= 11 is 0. The van der Waals surface area contributed by atoms with Crippen LogP contribution in [0.1, 0.15) is 0 Å². The number of pyridine rings is 1. The van der Waals surface area contributed by atoms with Gasteiger partial charge in [-0.2, -0.15) is 0 Å². The topological polar surface area (TPSA) is 64.5 Å². The molecular weight excluding hydrogens is 587 g/mol. The highest BCUT2D eigenvalue weighted by atomic mass is 14.9. The molecule has 9 rings (SSSR count). The van der Waals surface area contributed by atoms with Gasteiger partial charge in [0.2, 0.25) is 0 Å². The molecule has 0 aliphatic rings. The van der Waals surface area contributed by atoms with Gasteiger partial charge < -0.3 is 0 Å². The van der Waals surface area contributed by atoms with Gasteiger partial charge in [0.1, 0.15) is 5.69 Å². The summed E-state index contributed by atoms with van der Waals surface area (Å²) in [6.45, 7) is 0. The molecule has 0 spiro atoms. The average Bonchev–Trinajstić information content (AvgIpc) is 3.17. The molecule has 6 aromatic carbocycles. The van der Waals surface area contributed by atoms with E-state index < -0.39 is 0 Å². The first kappa shape index (κ1) is 27.7. The van der Waals surface area contributed by atoms with Gasteiger partial charge in [0.15, 0.2) is 11.6 Å². The smallest absolute Gasteiger partial charge is 0.160 e. The van der Waals surface area contributed by atoms with E-state index in [0.717, 1.165) is 72.1 Å². The van der Waals surface area contributed by atoms with E-state index in [1.54, 1.807) is 6.20 Å². The summed E-state index contributed by atoms with van der Waals surface area (Å²) in [5.74, 6) is 1.31. The van der Waals surface area contributed by atoms with Gasteiger partial charge in [-0.05, 0) is 46.5 Å². The van der Waals surface area contributed by atoms with Crippen molar-refractivity contribution in [3.05, 3.63) is 164 Å². The maximum Gasteiger partial charge on any atom is 0.160 e. The van der Waals surface area contributed by atoms with E-state index in [0.29, 0.717) is 11.6 Å². The molecule has 0 saturated heterocycles. The van der Waals surface area contributed by atoms with Crippen LogP contribution >= 0.6 is 0 Å². The summed E-state index contributed by atoms with van der Waals surface area (Å²) in [5.41, 5.74) is 8.17. The fourth-order valence-corrected chi connectivity index (χ4v) is 6.39. The fraction of sp³-hybridized carbons (Fsp3) is 0. The van der Waals surface area contributed by atoms with Crippen LogP contribution in [-0.2, 0) is 0 Å². The Morgan fingerprint density at radius 3 is 1.88 bits per heavy atom. The van der Waals surface area contributed by atoms with Gasteiger partial charge in [0, 0.05) is 39.2 Å². The Morgan fingerprint density at radius 2 is 1.04 bits per heavy atom. The summed E-state index contributed by atoms with van der Waals surface area (Å²) in [6.07, 6.45) is 1.80. The zero-order valence-electron chi connectivity index (χ0n) is 25.8. The van der Waals surface area contributed by atoms with E-state index in [4.69, 9.17) is 19.9 Å². The molecule has 0 radical (unpaired) electrons. The lowest BCUT2D eigenvalue weighted by molar-refractivity contribution is 1.19. The van der Waals surface area contributed by atoms with Gasteiger partial charge in [0.05, 0.1) is 22.6 Å². The number of fused-ring (bicyclic) bond motifs is 4. The van der Waals surface area contributed by atoms with Crippen LogP contribution in [-0.4, -0.2) is 24.9 Å². The Hall–Kier alpha value is -6.59. The number of hydrogen-bond acceptors (Lipinski definition) is 5. The van der Waals surface area contributed by atoms with E-state index in [1.165, 1.54) is 5.39 Å². The molecule has 0 aliphatic heterocycles. The lowest BCUT2D eigenvalue weighted by atomic mass is 9.99. The van der Waals surface area contributed by atoms with Crippen molar-refractivity contribution in [1.82, 2.24) is 24.9 Å². The largest absolute Gasteiger partial charge is 0.255 e. The van der Waals surface area contributed by atoms with E-state index in [2.05, 4.69) is 96.0 Å². The molecule has 0 bridgehead atoms. The molecule has 5 nitrogen and oxygen atoms in total. The minimum Gasteiger partial charge on any atom is -0.255 e. The maximum atomic E-state index is 5.21. The molecule has 0 fully saturated rings. The van der Waals surface area contributed by atoms with Gasteiger partial charge >= 0.3 is 0 Å². The summed E-state index contributed by atoms with van der Waals surface area (Å²) in [7, 11) is 0. The third kappa shape index (κ3) is 4.95. The van der Waals surface area contributed by atoms with Crippen molar-refractivity contribution in [2.75, 3.05) is 0 Å². The summed E-state index contributed by atoms with van der Waals surface area (Å²) in [5, 5.41) is 5.34. The lowest BCUT2D eigenvalue weighted by Crippen LogP contribution is -1.98. The van der Waals surface area contributed by atoms with Crippen molar-refractivity contribution in [3.8, 4) is 56.7 Å². The molecular formula is C43H27N5. The molecule has 0 N–H and O–H groups in total. The number of rotatable bonds is 5. The van der Waals surface area contributed by atoms with Crippen molar-refractivity contribution in [3.63, 3.8) is 0 Å². The van der Waals surface area contributed by atoms with Gasteiger partial charge in [-0.1, -0.05) is 127 Å². The zero-order valence-corrected chi connectivity index (χ0v) is 25.8. The summed E-state index contributed by atoms with van der Waals surface area (Å²) in [6, 6.07) is 53.8. The highest BCUT2D eigenvalue weighted by Gasteiger charge is 2.17.